The van der Waals surface area contributed by atoms with Crippen LogP contribution in [-0.2, 0) is 17.5 Å². The Kier molecular flexibility index (Phi) is 4.90. The van der Waals surface area contributed by atoms with Crippen LogP contribution in [0.25, 0.3) is 10.9 Å². The van der Waals surface area contributed by atoms with Crippen LogP contribution < -0.4 is 5.32 Å². The normalized spacial score (nSPS) is 11.7. The molecule has 2 heterocycles. The van der Waals surface area contributed by atoms with E-state index in [4.69, 9.17) is 4.74 Å². The second-order valence-corrected chi connectivity index (χ2v) is 5.52. The molecule has 0 radical (unpaired) electrons. The molecule has 2 aromatic heterocycles. The van der Waals surface area contributed by atoms with Gasteiger partial charge in [0.05, 0.1) is 18.7 Å². The zero-order chi connectivity index (χ0) is 18.7. The fourth-order valence-electron chi connectivity index (χ4n) is 2.37. The number of ether oxygens (including phenoxy) is 1. The molecule has 3 aromatic rings. The molecule has 9 heteroatoms. The van der Waals surface area contributed by atoms with E-state index >= 15 is 0 Å². The first kappa shape index (κ1) is 17.9. The molecule has 0 unspecified atom stereocenters. The number of aromatic nitrogens is 3. The molecule has 136 valence electrons. The van der Waals surface area contributed by atoms with Crippen molar-refractivity contribution < 1.29 is 22.7 Å². The number of alkyl halides is 3. The van der Waals surface area contributed by atoms with E-state index in [0.717, 1.165) is 23.0 Å². The first-order valence-corrected chi connectivity index (χ1v) is 7.68. The largest absolute Gasteiger partial charge is 0.433 e. The van der Waals surface area contributed by atoms with Crippen molar-refractivity contribution in [1.29, 1.82) is 0 Å². The smallest absolute Gasteiger partial charge is 0.383 e. The lowest BCUT2D eigenvalue weighted by Crippen LogP contribution is -2.16. The van der Waals surface area contributed by atoms with Gasteiger partial charge in [-0.25, -0.2) is 4.98 Å². The number of amides is 1. The summed E-state index contributed by atoms with van der Waals surface area (Å²) in [6, 6.07) is 8.23. The monoisotopic (exact) mass is 364 g/mol. The maximum Gasteiger partial charge on any atom is 0.433 e. The lowest BCUT2D eigenvalue weighted by atomic mass is 10.2. The number of hydrogen-bond donors (Lipinski definition) is 1. The summed E-state index contributed by atoms with van der Waals surface area (Å²) in [5.41, 5.74) is -0.250. The van der Waals surface area contributed by atoms with Crippen molar-refractivity contribution in [2.75, 3.05) is 19.0 Å². The molecule has 0 bridgehead atoms. The minimum Gasteiger partial charge on any atom is -0.383 e. The summed E-state index contributed by atoms with van der Waals surface area (Å²) in [5, 5.41) is 7.69. The van der Waals surface area contributed by atoms with E-state index in [-0.39, 0.29) is 5.69 Å². The molecular weight excluding hydrogens is 349 g/mol. The Balaban J connectivity index is 1.79. The Bertz CT molecular complexity index is 937. The zero-order valence-electron chi connectivity index (χ0n) is 13.7. The van der Waals surface area contributed by atoms with Gasteiger partial charge in [0.25, 0.3) is 5.91 Å². The lowest BCUT2D eigenvalue weighted by molar-refractivity contribution is -0.141. The van der Waals surface area contributed by atoms with Crippen LogP contribution >= 0.6 is 0 Å². The number of hydrogen-bond acceptors (Lipinski definition) is 4. The fraction of sp³-hybridized carbons (Fsp3) is 0.235. The van der Waals surface area contributed by atoms with E-state index in [1.54, 1.807) is 36.2 Å². The van der Waals surface area contributed by atoms with Crippen LogP contribution in [0.15, 0.2) is 42.6 Å². The molecule has 0 aliphatic heterocycles. The number of halogens is 3. The van der Waals surface area contributed by atoms with Crippen molar-refractivity contribution in [3.63, 3.8) is 0 Å². The van der Waals surface area contributed by atoms with Crippen molar-refractivity contribution in [2.24, 2.45) is 0 Å². The predicted molar refractivity (Wildman–Crippen MR) is 88.8 cm³/mol. The summed E-state index contributed by atoms with van der Waals surface area (Å²) >= 11 is 0. The van der Waals surface area contributed by atoms with E-state index in [1.165, 1.54) is 6.07 Å². The summed E-state index contributed by atoms with van der Waals surface area (Å²) in [6.45, 7) is 1.10. The molecule has 1 amide bonds. The highest BCUT2D eigenvalue weighted by molar-refractivity contribution is 6.03. The van der Waals surface area contributed by atoms with Gasteiger partial charge in [-0.3, -0.25) is 9.48 Å². The molecule has 0 fully saturated rings. The number of carbonyl (C=O) groups excluding carboxylic acids is 1. The Morgan fingerprint density at radius 1 is 1.27 bits per heavy atom. The minimum absolute atomic E-state index is 0.310. The van der Waals surface area contributed by atoms with Crippen molar-refractivity contribution >= 4 is 22.5 Å². The lowest BCUT2D eigenvalue weighted by Gasteiger charge is -2.08. The molecule has 0 saturated carbocycles. The molecule has 3 rings (SSSR count). The Hall–Kier alpha value is -2.94. The Labute approximate surface area is 146 Å². The van der Waals surface area contributed by atoms with Gasteiger partial charge < -0.3 is 10.1 Å². The Morgan fingerprint density at radius 3 is 2.81 bits per heavy atom. The second kappa shape index (κ2) is 7.12. The SMILES string of the molecule is COCCn1cc2cc(NC(=O)c3cccc(C(F)(F)F)n3)ccc2n1. The summed E-state index contributed by atoms with van der Waals surface area (Å²) in [7, 11) is 1.60. The molecule has 6 nitrogen and oxygen atoms in total. The topological polar surface area (TPSA) is 69.0 Å². The molecule has 0 atom stereocenters. The first-order valence-electron chi connectivity index (χ1n) is 7.68. The van der Waals surface area contributed by atoms with Crippen LogP contribution in [0.1, 0.15) is 16.2 Å². The van der Waals surface area contributed by atoms with Crippen LogP contribution in [0.2, 0.25) is 0 Å². The first-order chi connectivity index (χ1) is 12.4. The summed E-state index contributed by atoms with van der Waals surface area (Å²) < 4.78 is 44.8. The van der Waals surface area contributed by atoms with Crippen molar-refractivity contribution in [1.82, 2.24) is 14.8 Å². The van der Waals surface area contributed by atoms with Gasteiger partial charge in [0.2, 0.25) is 0 Å². The summed E-state index contributed by atoms with van der Waals surface area (Å²) in [5.74, 6) is -0.720. The summed E-state index contributed by atoms with van der Waals surface area (Å²) in [6.07, 6.45) is -2.81. The Morgan fingerprint density at radius 2 is 2.08 bits per heavy atom. The molecular formula is C17H15F3N4O2. The molecule has 0 aliphatic carbocycles. The average molecular weight is 364 g/mol. The highest BCUT2D eigenvalue weighted by atomic mass is 19.4. The average Bonchev–Trinajstić information content (AvgIpc) is 3.01. The predicted octanol–water partition coefficient (Wildman–Crippen LogP) is 3.35. The number of nitrogens with one attached hydrogen (secondary N) is 1. The molecule has 1 aromatic carbocycles. The number of rotatable bonds is 5. The van der Waals surface area contributed by atoms with E-state index < -0.39 is 17.8 Å². The number of pyridine rings is 1. The van der Waals surface area contributed by atoms with Crippen molar-refractivity contribution in [2.45, 2.75) is 12.7 Å². The molecule has 0 aliphatic rings. The van der Waals surface area contributed by atoms with Gasteiger partial charge in [-0.05, 0) is 30.3 Å². The van der Waals surface area contributed by atoms with Gasteiger partial charge in [-0.1, -0.05) is 6.07 Å². The molecule has 0 spiro atoms. The van der Waals surface area contributed by atoms with Crippen molar-refractivity contribution in [3.05, 3.63) is 54.0 Å². The van der Waals surface area contributed by atoms with E-state index in [0.29, 0.717) is 18.8 Å². The third-order valence-corrected chi connectivity index (χ3v) is 3.61. The zero-order valence-corrected chi connectivity index (χ0v) is 13.7. The standard InChI is InChI=1S/C17H15F3N4O2/c1-26-8-7-24-10-11-9-12(5-6-13(11)23-24)21-16(25)14-3-2-4-15(22-14)17(18,19)20/h2-6,9-10H,7-8H2,1H3,(H,21,25). The number of anilines is 1. The molecule has 26 heavy (non-hydrogen) atoms. The number of carbonyl (C=O) groups is 1. The van der Waals surface area contributed by atoms with Crippen LogP contribution in [0.4, 0.5) is 18.9 Å². The van der Waals surface area contributed by atoms with Gasteiger partial charge in [0.1, 0.15) is 11.4 Å². The third kappa shape index (κ3) is 3.99. The highest BCUT2D eigenvalue weighted by Crippen LogP contribution is 2.27. The number of nitrogens with zero attached hydrogens (tertiary/aromatic N) is 3. The maximum atomic E-state index is 12.7. The third-order valence-electron chi connectivity index (χ3n) is 3.61. The van der Waals surface area contributed by atoms with Crippen LogP contribution in [0.5, 0.6) is 0 Å². The highest BCUT2D eigenvalue weighted by Gasteiger charge is 2.32. The van der Waals surface area contributed by atoms with Crippen LogP contribution in [-0.4, -0.2) is 34.4 Å². The summed E-state index contributed by atoms with van der Waals surface area (Å²) in [4.78, 5) is 15.6. The molecule has 0 saturated heterocycles. The fourth-order valence-corrected chi connectivity index (χ4v) is 2.37. The van der Waals surface area contributed by atoms with E-state index in [1.807, 2.05) is 0 Å². The number of fused-ring (bicyclic) bond motifs is 1. The van der Waals surface area contributed by atoms with Crippen LogP contribution in [0, 0.1) is 0 Å². The number of methoxy groups -OCH3 is 1. The minimum atomic E-state index is -4.61. The maximum absolute atomic E-state index is 12.7. The molecule has 1 N–H and O–H groups in total. The van der Waals surface area contributed by atoms with Gasteiger partial charge >= 0.3 is 6.18 Å². The quantitative estimate of drug-likeness (QED) is 0.754. The van der Waals surface area contributed by atoms with E-state index in [9.17, 15) is 18.0 Å². The number of benzene rings is 1. The van der Waals surface area contributed by atoms with Gasteiger partial charge in [-0.15, -0.1) is 0 Å². The van der Waals surface area contributed by atoms with Gasteiger partial charge in [-0.2, -0.15) is 18.3 Å². The second-order valence-electron chi connectivity index (χ2n) is 5.52. The van der Waals surface area contributed by atoms with Gasteiger partial charge in [0.15, 0.2) is 0 Å². The van der Waals surface area contributed by atoms with E-state index in [2.05, 4.69) is 15.4 Å². The van der Waals surface area contributed by atoms with Crippen LogP contribution in [0.3, 0.4) is 0 Å². The van der Waals surface area contributed by atoms with Crippen molar-refractivity contribution in [3.8, 4) is 0 Å². The van der Waals surface area contributed by atoms with Gasteiger partial charge in [0, 0.05) is 24.4 Å².